The quantitative estimate of drug-likeness (QED) is 0.517. The molecular weight excluding hydrogens is 404 g/mol. The maximum Gasteiger partial charge on any atom is 0.341 e. The van der Waals surface area contributed by atoms with E-state index in [2.05, 4.69) is 5.32 Å². The first kappa shape index (κ1) is 21.6. The van der Waals surface area contributed by atoms with Gasteiger partial charge >= 0.3 is 12.0 Å². The molecule has 1 aliphatic heterocycles. The summed E-state index contributed by atoms with van der Waals surface area (Å²) in [6.07, 6.45) is 2.12. The lowest BCUT2D eigenvalue weighted by Gasteiger charge is -2.26. The van der Waals surface area contributed by atoms with Crippen LogP contribution in [-0.4, -0.2) is 42.6 Å². The molecular formula is C22H20N2O7. The fourth-order valence-electron chi connectivity index (χ4n) is 2.97. The number of imide groups is 2. The van der Waals surface area contributed by atoms with Crippen LogP contribution in [0, 0.1) is 0 Å². The van der Waals surface area contributed by atoms with Crippen LogP contribution in [-0.2, 0) is 20.8 Å². The van der Waals surface area contributed by atoms with Gasteiger partial charge in [0.25, 0.3) is 11.8 Å². The third-order valence-corrected chi connectivity index (χ3v) is 4.55. The van der Waals surface area contributed by atoms with E-state index in [0.29, 0.717) is 11.3 Å². The maximum atomic E-state index is 13.0. The van der Waals surface area contributed by atoms with E-state index >= 15 is 0 Å². The van der Waals surface area contributed by atoms with Gasteiger partial charge in [0.15, 0.2) is 18.1 Å². The average Bonchev–Trinajstić information content (AvgIpc) is 2.75. The summed E-state index contributed by atoms with van der Waals surface area (Å²) in [6.45, 7) is 1.44. The van der Waals surface area contributed by atoms with Gasteiger partial charge in [-0.05, 0) is 47.9 Å². The van der Waals surface area contributed by atoms with E-state index < -0.39 is 30.4 Å². The van der Waals surface area contributed by atoms with Crippen LogP contribution in [0.5, 0.6) is 11.5 Å². The van der Waals surface area contributed by atoms with Crippen molar-refractivity contribution in [2.45, 2.75) is 13.3 Å². The Bertz CT molecular complexity index is 1070. The number of hydrogen-bond acceptors (Lipinski definition) is 6. The van der Waals surface area contributed by atoms with Crippen LogP contribution in [0.15, 0.2) is 48.0 Å². The number of carboxylic acid groups (broad SMARTS) is 1. The molecule has 1 fully saturated rings. The van der Waals surface area contributed by atoms with Crippen LogP contribution in [0.2, 0.25) is 0 Å². The van der Waals surface area contributed by atoms with Crippen LogP contribution in [0.3, 0.4) is 0 Å². The van der Waals surface area contributed by atoms with Crippen molar-refractivity contribution in [1.29, 1.82) is 0 Å². The van der Waals surface area contributed by atoms with E-state index in [1.165, 1.54) is 31.4 Å². The number of urea groups is 1. The first-order valence-electron chi connectivity index (χ1n) is 9.37. The number of hydrogen-bond donors (Lipinski definition) is 2. The van der Waals surface area contributed by atoms with Crippen molar-refractivity contribution in [2.75, 3.05) is 18.6 Å². The molecule has 1 heterocycles. The highest BCUT2D eigenvalue weighted by molar-refractivity contribution is 6.39. The second-order valence-electron chi connectivity index (χ2n) is 6.57. The zero-order valence-electron chi connectivity index (χ0n) is 16.9. The van der Waals surface area contributed by atoms with E-state index in [-0.39, 0.29) is 17.1 Å². The van der Waals surface area contributed by atoms with Gasteiger partial charge in [-0.15, -0.1) is 0 Å². The van der Waals surface area contributed by atoms with E-state index in [1.54, 1.807) is 24.3 Å². The largest absolute Gasteiger partial charge is 0.493 e. The highest BCUT2D eigenvalue weighted by Crippen LogP contribution is 2.30. The Morgan fingerprint density at radius 1 is 1.10 bits per heavy atom. The average molecular weight is 424 g/mol. The molecule has 2 aromatic carbocycles. The highest BCUT2D eigenvalue weighted by Gasteiger charge is 2.36. The van der Waals surface area contributed by atoms with Crippen molar-refractivity contribution in [3.05, 3.63) is 59.2 Å². The molecule has 2 aromatic rings. The number of benzene rings is 2. The zero-order valence-corrected chi connectivity index (χ0v) is 16.9. The summed E-state index contributed by atoms with van der Waals surface area (Å²) in [6, 6.07) is 10.5. The molecule has 0 bridgehead atoms. The maximum absolute atomic E-state index is 13.0. The fourth-order valence-corrected chi connectivity index (χ4v) is 2.97. The van der Waals surface area contributed by atoms with E-state index in [1.807, 2.05) is 6.92 Å². The Labute approximate surface area is 177 Å². The number of rotatable bonds is 7. The fraction of sp³-hybridized carbons (Fsp3) is 0.182. The Morgan fingerprint density at radius 3 is 2.42 bits per heavy atom. The molecule has 0 radical (unpaired) electrons. The predicted octanol–water partition coefficient (Wildman–Crippen LogP) is 2.39. The minimum absolute atomic E-state index is 0.194. The molecule has 0 aliphatic carbocycles. The van der Waals surface area contributed by atoms with Gasteiger partial charge in [-0.25, -0.2) is 14.5 Å². The summed E-state index contributed by atoms with van der Waals surface area (Å²) in [5, 5.41) is 10.9. The molecule has 1 saturated heterocycles. The van der Waals surface area contributed by atoms with Gasteiger partial charge in [-0.3, -0.25) is 14.9 Å². The molecule has 0 spiro atoms. The number of carbonyl (C=O) groups is 4. The summed E-state index contributed by atoms with van der Waals surface area (Å²) >= 11 is 0. The number of nitrogens with one attached hydrogen (secondary N) is 1. The molecule has 3 rings (SSSR count). The lowest BCUT2D eigenvalue weighted by Crippen LogP contribution is -2.54. The molecule has 0 atom stereocenters. The lowest BCUT2D eigenvalue weighted by atomic mass is 10.1. The molecule has 2 N–H and O–H groups in total. The van der Waals surface area contributed by atoms with Gasteiger partial charge in [-0.1, -0.05) is 25.1 Å². The molecule has 0 saturated carbocycles. The van der Waals surface area contributed by atoms with Crippen molar-refractivity contribution in [2.24, 2.45) is 0 Å². The third-order valence-electron chi connectivity index (χ3n) is 4.55. The normalized spacial score (nSPS) is 15.1. The Hall–Kier alpha value is -4.14. The predicted molar refractivity (Wildman–Crippen MR) is 111 cm³/mol. The number of carboxylic acids is 1. The van der Waals surface area contributed by atoms with Gasteiger partial charge in [0.1, 0.15) is 5.57 Å². The van der Waals surface area contributed by atoms with Gasteiger partial charge in [0.05, 0.1) is 12.8 Å². The minimum atomic E-state index is -1.14. The molecule has 160 valence electrons. The third kappa shape index (κ3) is 4.72. The number of barbiturate groups is 1. The number of amides is 4. The molecule has 4 amide bonds. The van der Waals surface area contributed by atoms with E-state index in [4.69, 9.17) is 14.6 Å². The Balaban J connectivity index is 1.92. The summed E-state index contributed by atoms with van der Waals surface area (Å²) in [4.78, 5) is 49.2. The molecule has 1 aliphatic rings. The summed E-state index contributed by atoms with van der Waals surface area (Å²) < 4.78 is 10.3. The minimum Gasteiger partial charge on any atom is -0.493 e. The number of nitrogens with zero attached hydrogens (tertiary/aromatic N) is 1. The smallest absolute Gasteiger partial charge is 0.341 e. The summed E-state index contributed by atoms with van der Waals surface area (Å²) in [5.41, 5.74) is 1.57. The van der Waals surface area contributed by atoms with Crippen molar-refractivity contribution in [3.8, 4) is 11.5 Å². The number of aliphatic carboxylic acids is 1. The van der Waals surface area contributed by atoms with Crippen molar-refractivity contribution >= 4 is 35.6 Å². The topological polar surface area (TPSA) is 122 Å². The Kier molecular flexibility index (Phi) is 6.35. The van der Waals surface area contributed by atoms with Crippen molar-refractivity contribution in [3.63, 3.8) is 0 Å². The van der Waals surface area contributed by atoms with Gasteiger partial charge in [0.2, 0.25) is 0 Å². The number of carbonyl (C=O) groups excluding carboxylic acids is 3. The van der Waals surface area contributed by atoms with Gasteiger partial charge in [0, 0.05) is 0 Å². The number of ether oxygens (including phenoxy) is 2. The monoisotopic (exact) mass is 424 g/mol. The molecule has 9 nitrogen and oxygen atoms in total. The van der Waals surface area contributed by atoms with Crippen LogP contribution in [0.25, 0.3) is 6.08 Å². The number of anilines is 1. The van der Waals surface area contributed by atoms with Crippen LogP contribution >= 0.6 is 0 Å². The Morgan fingerprint density at radius 2 is 1.81 bits per heavy atom. The first-order chi connectivity index (χ1) is 14.8. The molecule has 0 unspecified atom stereocenters. The van der Waals surface area contributed by atoms with Crippen LogP contribution in [0.1, 0.15) is 18.1 Å². The summed E-state index contributed by atoms with van der Waals surface area (Å²) in [7, 11) is 1.37. The zero-order chi connectivity index (χ0) is 22.5. The SMILES string of the molecule is CCc1ccc(N2C(=O)NC(=O)/C(=C\c3ccc(OCC(=O)O)c(OC)c3)C2=O)cc1. The molecule has 9 heteroatoms. The van der Waals surface area contributed by atoms with Crippen LogP contribution < -0.4 is 19.7 Å². The van der Waals surface area contributed by atoms with Gasteiger partial charge < -0.3 is 14.6 Å². The number of aryl methyl sites for hydroxylation is 1. The van der Waals surface area contributed by atoms with Crippen LogP contribution in [0.4, 0.5) is 10.5 Å². The lowest BCUT2D eigenvalue weighted by molar-refractivity contribution is -0.139. The second kappa shape index (κ2) is 9.12. The molecule has 0 aromatic heterocycles. The summed E-state index contributed by atoms with van der Waals surface area (Å²) in [5.74, 6) is -2.30. The van der Waals surface area contributed by atoms with E-state index in [0.717, 1.165) is 16.9 Å². The second-order valence-corrected chi connectivity index (χ2v) is 6.57. The number of methoxy groups -OCH3 is 1. The van der Waals surface area contributed by atoms with Gasteiger partial charge in [-0.2, -0.15) is 0 Å². The highest BCUT2D eigenvalue weighted by atomic mass is 16.5. The first-order valence-corrected chi connectivity index (χ1v) is 9.37. The molecule has 31 heavy (non-hydrogen) atoms. The van der Waals surface area contributed by atoms with Crippen molar-refractivity contribution in [1.82, 2.24) is 5.32 Å². The van der Waals surface area contributed by atoms with E-state index in [9.17, 15) is 19.2 Å². The standard InChI is InChI=1S/C22H20N2O7/c1-3-13-4-7-15(8-5-13)24-21(28)16(20(27)23-22(24)29)10-14-6-9-17(18(11-14)30-2)31-12-19(25)26/h4-11H,3,12H2,1-2H3,(H,25,26)(H,23,27,29)/b16-10+. The van der Waals surface area contributed by atoms with Crippen molar-refractivity contribution < 1.29 is 33.8 Å².